The van der Waals surface area contributed by atoms with Crippen LogP contribution in [0, 0.1) is 71.1 Å². The summed E-state index contributed by atoms with van der Waals surface area (Å²) in [5.74, 6) is 0. The van der Waals surface area contributed by atoms with Gasteiger partial charge in [-0.1, -0.05) is 108 Å². The van der Waals surface area contributed by atoms with Crippen molar-refractivity contribution in [2.24, 2.45) is 0 Å². The number of rotatable bonds is 6. The van der Waals surface area contributed by atoms with Crippen molar-refractivity contribution in [1.82, 2.24) is 9.13 Å². The molecule has 0 aliphatic rings. The van der Waals surface area contributed by atoms with E-state index in [1.54, 1.807) is 0 Å². The Morgan fingerprint density at radius 1 is 0.328 bits per heavy atom. The highest BCUT2D eigenvalue weighted by atomic mass is 15.0. The van der Waals surface area contributed by atoms with Gasteiger partial charge < -0.3 is 9.13 Å². The number of fused-ring (bicyclic) bond motifs is 6. The Morgan fingerprint density at radius 3 is 1.21 bits per heavy atom. The lowest BCUT2D eigenvalue weighted by molar-refractivity contribution is 1.16. The van der Waals surface area contributed by atoms with Gasteiger partial charge in [-0.3, -0.25) is 0 Å². The van der Waals surface area contributed by atoms with Crippen LogP contribution in [-0.4, -0.2) is 9.13 Å². The molecule has 0 unspecified atom stereocenters. The van der Waals surface area contributed by atoms with E-state index in [1.165, 1.54) is 66.4 Å². The van der Waals surface area contributed by atoms with E-state index in [0.717, 1.165) is 72.0 Å². The van der Waals surface area contributed by atoms with Crippen molar-refractivity contribution in [3.63, 3.8) is 0 Å². The van der Waals surface area contributed by atoms with E-state index >= 15 is 0 Å². The number of hydrogen-bond donors (Lipinski definition) is 0. The molecule has 4 nitrogen and oxygen atoms in total. The summed E-state index contributed by atoms with van der Waals surface area (Å²) >= 11 is 0. The first-order valence-electron chi connectivity index (χ1n) is 22.9. The lowest BCUT2D eigenvalue weighted by Gasteiger charge is -2.20. The van der Waals surface area contributed by atoms with Gasteiger partial charge >= 0.3 is 0 Å². The molecule has 0 saturated heterocycles. The number of nitriles is 2. The van der Waals surface area contributed by atoms with Crippen LogP contribution in [0.5, 0.6) is 0 Å². The van der Waals surface area contributed by atoms with Crippen LogP contribution in [0.25, 0.3) is 99.5 Å². The molecular weight excluding hydrogens is 813 g/mol. The summed E-state index contributed by atoms with van der Waals surface area (Å²) < 4.78 is 4.78. The molecule has 11 aromatic rings. The zero-order valence-corrected chi connectivity index (χ0v) is 38.9. The van der Waals surface area contributed by atoms with Crippen molar-refractivity contribution in [3.05, 3.63) is 214 Å². The van der Waals surface area contributed by atoms with Crippen LogP contribution in [0.1, 0.15) is 50.1 Å². The minimum atomic E-state index is 0.588. The smallest absolute Gasteiger partial charge is 0.0992 e. The van der Waals surface area contributed by atoms with Gasteiger partial charge in [0.2, 0.25) is 0 Å². The number of aryl methyl sites for hydroxylation is 7. The average molecular weight is 861 g/mol. The Bertz CT molecular complexity index is 3920. The third-order valence-electron chi connectivity index (χ3n) is 13.8. The van der Waals surface area contributed by atoms with E-state index in [9.17, 15) is 10.5 Å². The first-order chi connectivity index (χ1) is 32.5. The van der Waals surface area contributed by atoms with E-state index in [2.05, 4.69) is 215 Å². The SMILES string of the molecule is Cc1cc(C)c(-c2ccc3c(c2)c2ccccc2n3-c2cc(C#N)ccc2-c2ccc(-c3ccc(C#N)cc3C)cc2-n2c3ccccc3c3cc(-c4c(C)cc(C)cc4C)ccc32)c(C)c1. The number of aromatic nitrogens is 2. The topological polar surface area (TPSA) is 57.4 Å². The average Bonchev–Trinajstić information content (AvgIpc) is 3.82. The predicted octanol–water partition coefficient (Wildman–Crippen LogP) is 16.5. The molecule has 0 N–H and O–H groups in total. The maximum atomic E-state index is 10.5. The summed E-state index contributed by atoms with van der Waals surface area (Å²) in [5, 5.41) is 25.0. The standard InChI is InChI=1S/C63H48N4/c1-37-26-40(4)62(41(5)27-37)47-19-24-58-54(32-47)50-12-8-10-14-56(50)66(58)60-31-45(36-65)17-22-52(60)53-23-18-46(49-21-16-44(35-64)30-39(49)3)34-61(53)67-57-15-11-9-13-51(57)55-33-48(20-25-59(55)67)63-42(6)28-38(2)29-43(63)7/h8-34H,1-7H3. The molecule has 0 aliphatic carbocycles. The fourth-order valence-corrected chi connectivity index (χ4v) is 11.2. The van der Waals surface area contributed by atoms with Crippen molar-refractivity contribution < 1.29 is 0 Å². The molecule has 0 aliphatic heterocycles. The van der Waals surface area contributed by atoms with Gasteiger partial charge in [-0.25, -0.2) is 0 Å². The Kier molecular flexibility index (Phi) is 9.81. The molecule has 0 saturated carbocycles. The molecular formula is C63H48N4. The van der Waals surface area contributed by atoms with Gasteiger partial charge in [-0.2, -0.15) is 10.5 Å². The Balaban J connectivity index is 1.21. The predicted molar refractivity (Wildman–Crippen MR) is 279 cm³/mol. The van der Waals surface area contributed by atoms with Crippen LogP contribution in [0.15, 0.2) is 164 Å². The van der Waals surface area contributed by atoms with E-state index in [-0.39, 0.29) is 0 Å². The molecule has 11 rings (SSSR count). The fourth-order valence-electron chi connectivity index (χ4n) is 11.2. The number of benzene rings is 9. The molecule has 0 amide bonds. The maximum Gasteiger partial charge on any atom is 0.0992 e. The van der Waals surface area contributed by atoms with Crippen LogP contribution in [-0.2, 0) is 0 Å². The van der Waals surface area contributed by atoms with Crippen LogP contribution in [0.4, 0.5) is 0 Å². The molecule has 0 spiro atoms. The number of nitrogens with zero attached hydrogens (tertiary/aromatic N) is 4. The molecule has 4 heteroatoms. The highest BCUT2D eigenvalue weighted by Crippen LogP contribution is 2.44. The summed E-state index contributed by atoms with van der Waals surface area (Å²) in [6, 6.07) is 63.8. The highest BCUT2D eigenvalue weighted by molar-refractivity contribution is 6.13. The monoisotopic (exact) mass is 860 g/mol. The third kappa shape index (κ3) is 6.72. The highest BCUT2D eigenvalue weighted by Gasteiger charge is 2.23. The number of para-hydroxylation sites is 2. The second-order valence-corrected chi connectivity index (χ2v) is 18.4. The summed E-state index contributed by atoms with van der Waals surface area (Å²) in [6.07, 6.45) is 0. The summed E-state index contributed by atoms with van der Waals surface area (Å²) in [7, 11) is 0. The Hall–Kier alpha value is -8.44. The zero-order chi connectivity index (χ0) is 46.2. The van der Waals surface area contributed by atoms with E-state index in [4.69, 9.17) is 0 Å². The van der Waals surface area contributed by atoms with Crippen LogP contribution in [0.3, 0.4) is 0 Å². The van der Waals surface area contributed by atoms with Crippen molar-refractivity contribution in [3.8, 4) is 68.0 Å². The van der Waals surface area contributed by atoms with Crippen molar-refractivity contribution in [1.29, 1.82) is 10.5 Å². The van der Waals surface area contributed by atoms with E-state index in [1.807, 2.05) is 18.2 Å². The molecule has 67 heavy (non-hydrogen) atoms. The third-order valence-corrected chi connectivity index (χ3v) is 13.8. The zero-order valence-electron chi connectivity index (χ0n) is 38.9. The molecule has 2 aromatic heterocycles. The van der Waals surface area contributed by atoms with Gasteiger partial charge in [-0.05, 0) is 176 Å². The minimum Gasteiger partial charge on any atom is -0.309 e. The molecule has 0 radical (unpaired) electrons. The van der Waals surface area contributed by atoms with E-state index in [0.29, 0.717) is 11.1 Å². The van der Waals surface area contributed by atoms with Crippen molar-refractivity contribution >= 4 is 43.6 Å². The molecule has 320 valence electrons. The Labute approximate surface area is 391 Å². The van der Waals surface area contributed by atoms with Crippen molar-refractivity contribution in [2.75, 3.05) is 0 Å². The quantitative estimate of drug-likeness (QED) is 0.167. The van der Waals surface area contributed by atoms with E-state index < -0.39 is 0 Å². The first-order valence-corrected chi connectivity index (χ1v) is 22.9. The van der Waals surface area contributed by atoms with Crippen molar-refractivity contribution in [2.45, 2.75) is 48.5 Å². The summed E-state index contributed by atoms with van der Waals surface area (Å²) in [4.78, 5) is 0. The van der Waals surface area contributed by atoms with Gasteiger partial charge in [0.25, 0.3) is 0 Å². The lowest BCUT2D eigenvalue weighted by atomic mass is 9.92. The molecule has 0 fully saturated rings. The van der Waals surface area contributed by atoms with Gasteiger partial charge in [0.15, 0.2) is 0 Å². The summed E-state index contributed by atoms with van der Waals surface area (Å²) in [6.45, 7) is 15.2. The van der Waals surface area contributed by atoms with Gasteiger partial charge in [0.1, 0.15) is 0 Å². The van der Waals surface area contributed by atoms with Crippen LogP contribution >= 0.6 is 0 Å². The molecule has 9 aromatic carbocycles. The lowest BCUT2D eigenvalue weighted by Crippen LogP contribution is -2.03. The maximum absolute atomic E-state index is 10.5. The van der Waals surface area contributed by atoms with Crippen LogP contribution in [0.2, 0.25) is 0 Å². The van der Waals surface area contributed by atoms with Crippen LogP contribution < -0.4 is 0 Å². The second kappa shape index (κ2) is 15.9. The van der Waals surface area contributed by atoms with Gasteiger partial charge in [-0.15, -0.1) is 0 Å². The largest absolute Gasteiger partial charge is 0.309 e. The Morgan fingerprint density at radius 2 is 0.731 bits per heavy atom. The molecule has 0 bridgehead atoms. The summed E-state index contributed by atoms with van der Waals surface area (Å²) in [5.41, 5.74) is 25.2. The normalized spacial score (nSPS) is 11.5. The molecule has 0 atom stereocenters. The second-order valence-electron chi connectivity index (χ2n) is 18.4. The van der Waals surface area contributed by atoms with Gasteiger partial charge in [0, 0.05) is 32.7 Å². The molecule has 2 heterocycles. The number of hydrogen-bond acceptors (Lipinski definition) is 2. The first kappa shape index (κ1) is 41.3. The minimum absolute atomic E-state index is 0.588. The van der Waals surface area contributed by atoms with Gasteiger partial charge in [0.05, 0.1) is 56.7 Å². The fraction of sp³-hybridized carbons (Fsp3) is 0.111.